The summed E-state index contributed by atoms with van der Waals surface area (Å²) < 4.78 is 0. The van der Waals surface area contributed by atoms with Crippen molar-refractivity contribution in [3.05, 3.63) is 35.9 Å². The number of benzene rings is 1. The fraction of sp³-hybridized carbons (Fsp3) is 0.222. The minimum absolute atomic E-state index is 0.331. The summed E-state index contributed by atoms with van der Waals surface area (Å²) in [7, 11) is 0. The second-order valence-electron chi connectivity index (χ2n) is 2.59. The van der Waals surface area contributed by atoms with Crippen LogP contribution in [0.4, 0.5) is 4.79 Å². The molecular weight excluding hydrogens is 234 g/mol. The monoisotopic (exact) mass is 243 g/mol. The number of carboxylic acid groups (broad SMARTS) is 1. The lowest BCUT2D eigenvalue weighted by Crippen LogP contribution is -2.27. The first-order valence-electron chi connectivity index (χ1n) is 3.82. The smallest absolute Gasteiger partial charge is 0.408 e. The van der Waals surface area contributed by atoms with Gasteiger partial charge in [-0.3, -0.25) is 4.90 Å². The second kappa shape index (κ2) is 4.87. The van der Waals surface area contributed by atoms with Gasteiger partial charge in [-0.25, -0.2) is 4.79 Å². The average Bonchev–Trinajstić information content (AvgIpc) is 2.15. The van der Waals surface area contributed by atoms with Crippen LogP contribution in [0.5, 0.6) is 0 Å². The molecule has 0 aliphatic carbocycles. The SMILES string of the molecule is O=C(O)N(CBr)Cc1ccccc1. The molecule has 0 heterocycles. The van der Waals surface area contributed by atoms with E-state index in [0.717, 1.165) is 5.56 Å². The van der Waals surface area contributed by atoms with Crippen molar-refractivity contribution in [2.75, 3.05) is 5.45 Å². The molecule has 1 aromatic rings. The summed E-state index contributed by atoms with van der Waals surface area (Å²) in [4.78, 5) is 11.9. The van der Waals surface area contributed by atoms with E-state index in [4.69, 9.17) is 5.11 Å². The number of rotatable bonds is 3. The molecule has 70 valence electrons. The van der Waals surface area contributed by atoms with Gasteiger partial charge in [-0.2, -0.15) is 0 Å². The highest BCUT2D eigenvalue weighted by Crippen LogP contribution is 2.05. The lowest BCUT2D eigenvalue weighted by Gasteiger charge is -2.15. The number of hydrogen-bond donors (Lipinski definition) is 1. The Hall–Kier alpha value is -1.03. The van der Waals surface area contributed by atoms with Gasteiger partial charge < -0.3 is 5.11 Å². The van der Waals surface area contributed by atoms with E-state index in [1.807, 2.05) is 30.3 Å². The largest absolute Gasteiger partial charge is 0.465 e. The summed E-state index contributed by atoms with van der Waals surface area (Å²) in [6.45, 7) is 0.418. The zero-order valence-corrected chi connectivity index (χ0v) is 8.57. The molecule has 0 unspecified atom stereocenters. The standard InChI is InChI=1S/C9H10BrNO2/c10-7-11(9(12)13)6-8-4-2-1-3-5-8/h1-5H,6-7H2,(H,12,13). The Balaban J connectivity index is 2.62. The minimum Gasteiger partial charge on any atom is -0.465 e. The number of alkyl halides is 1. The maximum absolute atomic E-state index is 10.6. The molecule has 1 N–H and O–H groups in total. The molecule has 0 radical (unpaired) electrons. The number of halogens is 1. The first kappa shape index (κ1) is 10.1. The van der Waals surface area contributed by atoms with E-state index in [0.29, 0.717) is 12.0 Å². The third-order valence-corrected chi connectivity index (χ3v) is 2.24. The molecule has 1 amide bonds. The Labute approximate surface area is 85.1 Å². The van der Waals surface area contributed by atoms with E-state index in [1.165, 1.54) is 4.90 Å². The summed E-state index contributed by atoms with van der Waals surface area (Å²) in [5.74, 6) is 0. The van der Waals surface area contributed by atoms with Crippen LogP contribution in [0.1, 0.15) is 5.56 Å². The van der Waals surface area contributed by atoms with E-state index in [-0.39, 0.29) is 0 Å². The van der Waals surface area contributed by atoms with Crippen LogP contribution >= 0.6 is 15.9 Å². The molecule has 0 aliphatic heterocycles. The Kier molecular flexibility index (Phi) is 3.76. The van der Waals surface area contributed by atoms with Gasteiger partial charge in [0.1, 0.15) is 0 Å². The van der Waals surface area contributed by atoms with Crippen LogP contribution in [0.15, 0.2) is 30.3 Å². The summed E-state index contributed by atoms with van der Waals surface area (Å²) in [6.07, 6.45) is -0.916. The molecular formula is C9H10BrNO2. The predicted molar refractivity (Wildman–Crippen MR) is 53.8 cm³/mol. The van der Waals surface area contributed by atoms with Crippen LogP contribution in [-0.2, 0) is 6.54 Å². The highest BCUT2D eigenvalue weighted by atomic mass is 79.9. The van der Waals surface area contributed by atoms with Gasteiger partial charge in [0, 0.05) is 6.54 Å². The lowest BCUT2D eigenvalue weighted by atomic mass is 10.2. The fourth-order valence-corrected chi connectivity index (χ4v) is 1.36. The quantitative estimate of drug-likeness (QED) is 0.655. The van der Waals surface area contributed by atoms with Gasteiger partial charge in [-0.05, 0) is 5.56 Å². The zero-order chi connectivity index (χ0) is 9.68. The summed E-state index contributed by atoms with van der Waals surface area (Å²) in [5, 5.41) is 8.73. The van der Waals surface area contributed by atoms with E-state index >= 15 is 0 Å². The average molecular weight is 244 g/mol. The van der Waals surface area contributed by atoms with Crippen LogP contribution in [0, 0.1) is 0 Å². The van der Waals surface area contributed by atoms with Gasteiger partial charge in [0.2, 0.25) is 0 Å². The van der Waals surface area contributed by atoms with E-state index in [9.17, 15) is 4.79 Å². The Bertz CT molecular complexity index is 276. The number of amides is 1. The van der Waals surface area contributed by atoms with Crippen molar-refractivity contribution < 1.29 is 9.90 Å². The van der Waals surface area contributed by atoms with Crippen molar-refractivity contribution >= 4 is 22.0 Å². The Morgan fingerprint density at radius 3 is 2.46 bits per heavy atom. The van der Waals surface area contributed by atoms with Gasteiger partial charge in [0.15, 0.2) is 0 Å². The van der Waals surface area contributed by atoms with Crippen molar-refractivity contribution in [2.24, 2.45) is 0 Å². The van der Waals surface area contributed by atoms with Crippen molar-refractivity contribution in [1.82, 2.24) is 4.90 Å². The van der Waals surface area contributed by atoms with Crippen LogP contribution in [0.25, 0.3) is 0 Å². The van der Waals surface area contributed by atoms with Crippen LogP contribution in [0.3, 0.4) is 0 Å². The molecule has 0 aromatic heterocycles. The normalized spacial score (nSPS) is 9.62. The molecule has 1 rings (SSSR count). The van der Waals surface area contributed by atoms with Crippen molar-refractivity contribution in [3.63, 3.8) is 0 Å². The van der Waals surface area contributed by atoms with Gasteiger partial charge in [-0.1, -0.05) is 46.3 Å². The molecule has 4 heteroatoms. The molecule has 0 saturated carbocycles. The molecule has 0 bridgehead atoms. The van der Waals surface area contributed by atoms with Gasteiger partial charge in [0.25, 0.3) is 0 Å². The second-order valence-corrected chi connectivity index (χ2v) is 3.09. The molecule has 3 nitrogen and oxygen atoms in total. The number of carbonyl (C=O) groups is 1. The van der Waals surface area contributed by atoms with Crippen molar-refractivity contribution in [1.29, 1.82) is 0 Å². The molecule has 0 saturated heterocycles. The topological polar surface area (TPSA) is 40.5 Å². The van der Waals surface area contributed by atoms with E-state index in [2.05, 4.69) is 15.9 Å². The Morgan fingerprint density at radius 2 is 2.00 bits per heavy atom. The summed E-state index contributed by atoms with van der Waals surface area (Å²) >= 11 is 3.12. The van der Waals surface area contributed by atoms with Crippen LogP contribution < -0.4 is 0 Å². The van der Waals surface area contributed by atoms with E-state index < -0.39 is 6.09 Å². The highest BCUT2D eigenvalue weighted by molar-refractivity contribution is 9.09. The fourth-order valence-electron chi connectivity index (χ4n) is 0.965. The molecule has 0 aliphatic rings. The maximum Gasteiger partial charge on any atom is 0.408 e. The lowest BCUT2D eigenvalue weighted by molar-refractivity contribution is 0.152. The third-order valence-electron chi connectivity index (χ3n) is 1.63. The predicted octanol–water partition coefficient (Wildman–Crippen LogP) is 2.52. The number of nitrogens with zero attached hydrogens (tertiary/aromatic N) is 1. The van der Waals surface area contributed by atoms with Crippen molar-refractivity contribution in [2.45, 2.75) is 6.54 Å². The summed E-state index contributed by atoms with van der Waals surface area (Å²) in [5.41, 5.74) is 1.32. The van der Waals surface area contributed by atoms with Gasteiger partial charge in [-0.15, -0.1) is 0 Å². The van der Waals surface area contributed by atoms with E-state index in [1.54, 1.807) is 0 Å². The molecule has 0 fully saturated rings. The van der Waals surface area contributed by atoms with Crippen LogP contribution in [0.2, 0.25) is 0 Å². The first-order chi connectivity index (χ1) is 6.24. The highest BCUT2D eigenvalue weighted by Gasteiger charge is 2.09. The molecule has 0 spiro atoms. The minimum atomic E-state index is -0.916. The Morgan fingerprint density at radius 1 is 1.38 bits per heavy atom. The van der Waals surface area contributed by atoms with Gasteiger partial charge in [0.05, 0.1) is 5.45 Å². The van der Waals surface area contributed by atoms with Crippen molar-refractivity contribution in [3.8, 4) is 0 Å². The maximum atomic E-state index is 10.6. The zero-order valence-electron chi connectivity index (χ0n) is 6.98. The molecule has 0 atom stereocenters. The van der Waals surface area contributed by atoms with Crippen LogP contribution in [-0.4, -0.2) is 21.6 Å². The molecule has 13 heavy (non-hydrogen) atoms. The van der Waals surface area contributed by atoms with Gasteiger partial charge >= 0.3 is 6.09 Å². The summed E-state index contributed by atoms with van der Waals surface area (Å²) in [6, 6.07) is 9.49. The first-order valence-corrected chi connectivity index (χ1v) is 4.94. The number of hydrogen-bond acceptors (Lipinski definition) is 1. The molecule has 1 aromatic carbocycles. The third kappa shape index (κ3) is 3.06.